The van der Waals surface area contributed by atoms with Crippen molar-refractivity contribution >= 4 is 40.6 Å². The van der Waals surface area contributed by atoms with E-state index in [1.54, 1.807) is 12.1 Å². The molecular formula is C17H14Cl2F2N6O3. The summed E-state index contributed by atoms with van der Waals surface area (Å²) >= 11 is 11.9. The molecule has 2 aromatic heterocycles. The van der Waals surface area contributed by atoms with E-state index in [9.17, 15) is 23.7 Å². The molecule has 0 aliphatic heterocycles. The first-order valence-corrected chi connectivity index (χ1v) is 9.18. The van der Waals surface area contributed by atoms with E-state index in [1.165, 1.54) is 17.8 Å². The second kappa shape index (κ2) is 8.76. The van der Waals surface area contributed by atoms with Crippen molar-refractivity contribution in [3.8, 4) is 0 Å². The summed E-state index contributed by atoms with van der Waals surface area (Å²) in [7, 11) is 0. The Kier molecular flexibility index (Phi) is 6.32. The van der Waals surface area contributed by atoms with Gasteiger partial charge in [-0.3, -0.25) is 24.3 Å². The smallest absolute Gasteiger partial charge is 0.306 e. The largest absolute Gasteiger partial charge is 0.319 e. The highest BCUT2D eigenvalue weighted by Crippen LogP contribution is 2.30. The number of anilines is 1. The fourth-order valence-corrected chi connectivity index (χ4v) is 3.06. The second-order valence-corrected chi connectivity index (χ2v) is 7.08. The third kappa shape index (κ3) is 4.74. The van der Waals surface area contributed by atoms with Gasteiger partial charge in [0, 0.05) is 11.2 Å². The molecule has 13 heteroatoms. The number of carbonyl (C=O) groups is 1. The molecule has 30 heavy (non-hydrogen) atoms. The fraction of sp³-hybridized carbons (Fsp3) is 0.235. The van der Waals surface area contributed by atoms with Crippen LogP contribution >= 0.6 is 23.2 Å². The Bertz CT molecular complexity index is 1100. The maximum Gasteiger partial charge on any atom is 0.319 e. The average molecular weight is 459 g/mol. The molecule has 2 heterocycles. The summed E-state index contributed by atoms with van der Waals surface area (Å²) in [5.41, 5.74) is -1.07. The third-order valence-electron chi connectivity index (χ3n) is 4.12. The molecule has 1 N–H and O–H groups in total. The van der Waals surface area contributed by atoms with Crippen LogP contribution in [0.15, 0.2) is 30.5 Å². The monoisotopic (exact) mass is 458 g/mol. The zero-order chi connectivity index (χ0) is 22.0. The molecule has 0 saturated heterocycles. The zero-order valence-electron chi connectivity index (χ0n) is 15.4. The van der Waals surface area contributed by atoms with E-state index in [2.05, 4.69) is 15.5 Å². The molecule has 0 fully saturated rings. The van der Waals surface area contributed by atoms with Crippen molar-refractivity contribution in [2.45, 2.75) is 26.4 Å². The van der Waals surface area contributed by atoms with E-state index < -0.39 is 35.2 Å². The molecule has 0 radical (unpaired) electrons. The van der Waals surface area contributed by atoms with Gasteiger partial charge in [0.15, 0.2) is 5.82 Å². The molecule has 3 rings (SSSR count). The van der Waals surface area contributed by atoms with E-state index in [0.29, 0.717) is 11.6 Å². The van der Waals surface area contributed by atoms with Gasteiger partial charge in [0.1, 0.15) is 17.3 Å². The number of nitro groups is 1. The number of amides is 1. The van der Waals surface area contributed by atoms with Crippen LogP contribution in [0.25, 0.3) is 0 Å². The Morgan fingerprint density at radius 3 is 2.50 bits per heavy atom. The summed E-state index contributed by atoms with van der Waals surface area (Å²) in [6.45, 7) is 1.08. The molecule has 0 saturated carbocycles. The predicted octanol–water partition coefficient (Wildman–Crippen LogP) is 4.23. The van der Waals surface area contributed by atoms with Crippen LogP contribution in [0.2, 0.25) is 10.0 Å². The normalized spacial score (nSPS) is 11.1. The van der Waals surface area contributed by atoms with Crippen LogP contribution in [0.4, 0.5) is 20.3 Å². The highest BCUT2D eigenvalue weighted by Gasteiger charge is 2.31. The minimum Gasteiger partial charge on any atom is -0.306 e. The van der Waals surface area contributed by atoms with Crippen LogP contribution in [0.1, 0.15) is 23.4 Å². The number of carbonyl (C=O) groups excluding carboxylic acids is 1. The Balaban J connectivity index is 1.72. The number of nitrogens with zero attached hydrogens (tertiary/aromatic N) is 5. The number of rotatable bonds is 7. The lowest BCUT2D eigenvalue weighted by molar-refractivity contribution is -0.386. The van der Waals surface area contributed by atoms with Crippen molar-refractivity contribution in [3.63, 3.8) is 0 Å². The maximum atomic E-state index is 13.0. The molecule has 1 aromatic carbocycles. The number of aromatic nitrogens is 4. The molecule has 0 atom stereocenters. The van der Waals surface area contributed by atoms with E-state index in [4.69, 9.17) is 23.2 Å². The quantitative estimate of drug-likeness (QED) is 0.420. The summed E-state index contributed by atoms with van der Waals surface area (Å²) in [5, 5.41) is 21.9. The molecular weight excluding hydrogens is 445 g/mol. The Hall–Kier alpha value is -3.05. The minimum absolute atomic E-state index is 0.0593. The van der Waals surface area contributed by atoms with E-state index in [1.807, 2.05) is 12.1 Å². The highest BCUT2D eigenvalue weighted by atomic mass is 35.5. The third-order valence-corrected chi connectivity index (χ3v) is 4.64. The number of nitrogens with one attached hydrogen (secondary N) is 1. The van der Waals surface area contributed by atoms with Crippen molar-refractivity contribution in [2.75, 3.05) is 5.32 Å². The van der Waals surface area contributed by atoms with Crippen molar-refractivity contribution in [2.24, 2.45) is 0 Å². The van der Waals surface area contributed by atoms with E-state index in [-0.39, 0.29) is 16.5 Å². The summed E-state index contributed by atoms with van der Waals surface area (Å²) < 4.78 is 28.3. The van der Waals surface area contributed by atoms with Gasteiger partial charge in [-0.25, -0.2) is 8.78 Å². The van der Waals surface area contributed by atoms with Crippen LogP contribution in [-0.4, -0.2) is 30.4 Å². The van der Waals surface area contributed by atoms with Gasteiger partial charge < -0.3 is 5.32 Å². The van der Waals surface area contributed by atoms with Crippen LogP contribution in [0.5, 0.6) is 0 Å². The van der Waals surface area contributed by atoms with Crippen molar-refractivity contribution < 1.29 is 18.5 Å². The summed E-state index contributed by atoms with van der Waals surface area (Å²) in [5.74, 6) is -0.626. The van der Waals surface area contributed by atoms with Gasteiger partial charge >= 0.3 is 5.69 Å². The van der Waals surface area contributed by atoms with Crippen molar-refractivity contribution in [1.82, 2.24) is 19.6 Å². The second-order valence-electron chi connectivity index (χ2n) is 6.23. The molecule has 0 aliphatic rings. The van der Waals surface area contributed by atoms with Gasteiger partial charge in [0.25, 0.3) is 6.43 Å². The summed E-state index contributed by atoms with van der Waals surface area (Å²) in [6, 6.07) is 7.07. The lowest BCUT2D eigenvalue weighted by Crippen LogP contribution is -2.21. The van der Waals surface area contributed by atoms with Gasteiger partial charge in [-0.15, -0.1) is 0 Å². The number of alkyl halides is 2. The van der Waals surface area contributed by atoms with Crippen molar-refractivity contribution in [1.29, 1.82) is 0 Å². The predicted molar refractivity (Wildman–Crippen MR) is 105 cm³/mol. The summed E-state index contributed by atoms with van der Waals surface area (Å²) in [4.78, 5) is 22.4. The van der Waals surface area contributed by atoms with Crippen LogP contribution in [0.3, 0.4) is 0 Å². The van der Waals surface area contributed by atoms with Gasteiger partial charge in [0.2, 0.25) is 11.6 Å². The van der Waals surface area contributed by atoms with Gasteiger partial charge in [-0.2, -0.15) is 10.2 Å². The summed E-state index contributed by atoms with van der Waals surface area (Å²) in [6.07, 6.45) is -1.64. The topological polar surface area (TPSA) is 108 Å². The maximum absolute atomic E-state index is 13.0. The molecule has 0 aliphatic carbocycles. The fourth-order valence-electron chi connectivity index (χ4n) is 2.73. The average Bonchev–Trinajstić information content (AvgIpc) is 3.17. The lowest BCUT2D eigenvalue weighted by Gasteiger charge is -2.05. The molecule has 158 valence electrons. The first-order chi connectivity index (χ1) is 14.2. The Morgan fingerprint density at radius 1 is 1.27 bits per heavy atom. The molecule has 9 nitrogen and oxygen atoms in total. The highest BCUT2D eigenvalue weighted by molar-refractivity contribution is 6.33. The number of benzene rings is 1. The zero-order valence-corrected chi connectivity index (χ0v) is 16.9. The first kappa shape index (κ1) is 21.7. The standard InChI is InChI=1S/C17H14Cl2F2N6O3/c1-9-15(27(29)30)14(16(20)21)23-26(9)8-13(28)22-17-12(19)7-25(24-17)6-10-2-4-11(18)5-3-10/h2-5,7,16H,6,8H2,1H3,(H,22,24,28). The van der Waals surface area contributed by atoms with Gasteiger partial charge in [-0.05, 0) is 24.6 Å². The Labute approximate surface area is 178 Å². The first-order valence-electron chi connectivity index (χ1n) is 8.42. The number of hydrogen-bond acceptors (Lipinski definition) is 5. The number of hydrogen-bond donors (Lipinski definition) is 1. The van der Waals surface area contributed by atoms with Crippen LogP contribution in [-0.2, 0) is 17.9 Å². The van der Waals surface area contributed by atoms with Gasteiger partial charge in [-0.1, -0.05) is 35.3 Å². The van der Waals surface area contributed by atoms with Crippen LogP contribution < -0.4 is 5.32 Å². The molecule has 3 aromatic rings. The van der Waals surface area contributed by atoms with E-state index in [0.717, 1.165) is 10.2 Å². The SMILES string of the molecule is Cc1c([N+](=O)[O-])c(C(F)F)nn1CC(=O)Nc1nn(Cc2ccc(Cl)cc2)cc1Cl. The van der Waals surface area contributed by atoms with Crippen LogP contribution in [0, 0.1) is 17.0 Å². The number of halogens is 4. The van der Waals surface area contributed by atoms with Gasteiger partial charge in [0.05, 0.1) is 11.5 Å². The molecule has 1 amide bonds. The Morgan fingerprint density at radius 2 is 1.93 bits per heavy atom. The van der Waals surface area contributed by atoms with Crippen molar-refractivity contribution in [3.05, 3.63) is 67.6 Å². The minimum atomic E-state index is -3.15. The van der Waals surface area contributed by atoms with E-state index >= 15 is 0 Å². The molecule has 0 spiro atoms. The molecule has 0 unspecified atom stereocenters. The molecule has 0 bridgehead atoms. The lowest BCUT2D eigenvalue weighted by atomic mass is 10.2.